The summed E-state index contributed by atoms with van der Waals surface area (Å²) in [5.74, 6) is 0.406. The quantitative estimate of drug-likeness (QED) is 0.323. The predicted octanol–water partition coefficient (Wildman–Crippen LogP) is 5.86. The van der Waals surface area contributed by atoms with Crippen LogP contribution in [0.5, 0.6) is 5.75 Å². The van der Waals surface area contributed by atoms with E-state index in [4.69, 9.17) is 4.74 Å². The number of anilines is 2. The molecular formula is C26H24N2O4S2. The fourth-order valence-corrected chi connectivity index (χ4v) is 5.68. The van der Waals surface area contributed by atoms with E-state index in [1.54, 1.807) is 47.4 Å². The third kappa shape index (κ3) is 5.03. The van der Waals surface area contributed by atoms with Gasteiger partial charge in [0.15, 0.2) is 5.13 Å². The number of benzene rings is 3. The molecule has 0 N–H and O–H groups in total. The summed E-state index contributed by atoms with van der Waals surface area (Å²) in [6.07, 6.45) is 0. The molecule has 0 saturated carbocycles. The van der Waals surface area contributed by atoms with Crippen LogP contribution in [-0.4, -0.2) is 19.3 Å². The van der Waals surface area contributed by atoms with Gasteiger partial charge in [0.2, 0.25) is 15.7 Å². The van der Waals surface area contributed by atoms with Gasteiger partial charge >= 0.3 is 0 Å². The molecule has 0 atom stereocenters. The van der Waals surface area contributed by atoms with Crippen molar-refractivity contribution in [3.05, 3.63) is 95.0 Å². The fraction of sp³-hybridized carbons (Fsp3) is 0.154. The second-order valence-electron chi connectivity index (χ2n) is 7.84. The van der Waals surface area contributed by atoms with E-state index in [-0.39, 0.29) is 22.3 Å². The van der Waals surface area contributed by atoms with Gasteiger partial charge in [0.1, 0.15) is 12.4 Å². The van der Waals surface area contributed by atoms with Gasteiger partial charge in [-0.1, -0.05) is 35.9 Å². The zero-order valence-corrected chi connectivity index (χ0v) is 20.7. The average Bonchev–Trinajstić information content (AvgIpc) is 3.28. The van der Waals surface area contributed by atoms with Crippen LogP contribution in [-0.2, 0) is 21.2 Å². The highest BCUT2D eigenvalue weighted by Gasteiger charge is 2.20. The van der Waals surface area contributed by atoms with Crippen LogP contribution in [0.15, 0.2) is 88.0 Å². The van der Waals surface area contributed by atoms with Crippen LogP contribution >= 0.6 is 11.3 Å². The molecule has 0 bridgehead atoms. The van der Waals surface area contributed by atoms with E-state index in [0.717, 1.165) is 16.8 Å². The number of thiazole rings is 1. The van der Waals surface area contributed by atoms with Crippen LogP contribution in [0.1, 0.15) is 23.7 Å². The fourth-order valence-electron chi connectivity index (χ4n) is 3.54. The van der Waals surface area contributed by atoms with Crippen molar-refractivity contribution in [2.24, 2.45) is 0 Å². The molecule has 34 heavy (non-hydrogen) atoms. The van der Waals surface area contributed by atoms with Crippen molar-refractivity contribution in [3.8, 4) is 5.75 Å². The molecule has 1 heterocycles. The Hall–Kier alpha value is -3.49. The van der Waals surface area contributed by atoms with Crippen molar-refractivity contribution in [1.82, 2.24) is 4.98 Å². The van der Waals surface area contributed by atoms with E-state index in [1.807, 2.05) is 37.4 Å². The van der Waals surface area contributed by atoms with Gasteiger partial charge in [0.25, 0.3) is 0 Å². The lowest BCUT2D eigenvalue weighted by atomic mass is 10.1. The second-order valence-corrected chi connectivity index (χ2v) is 10.6. The molecule has 3 aromatic carbocycles. The molecule has 6 nitrogen and oxygen atoms in total. The lowest BCUT2D eigenvalue weighted by molar-refractivity contribution is -0.115. The highest BCUT2D eigenvalue weighted by molar-refractivity contribution is 7.91. The average molecular weight is 493 g/mol. The number of sulfone groups is 1. The number of nitrogens with zero attached hydrogens (tertiary/aromatic N) is 2. The van der Waals surface area contributed by atoms with Crippen molar-refractivity contribution in [2.45, 2.75) is 37.2 Å². The van der Waals surface area contributed by atoms with Crippen LogP contribution in [0.4, 0.5) is 10.8 Å². The second kappa shape index (κ2) is 9.79. The molecule has 0 unspecified atom stereocenters. The summed E-state index contributed by atoms with van der Waals surface area (Å²) in [7, 11) is -3.57. The lowest BCUT2D eigenvalue weighted by Crippen LogP contribution is -2.23. The lowest BCUT2D eigenvalue weighted by Gasteiger charge is -2.20. The summed E-state index contributed by atoms with van der Waals surface area (Å²) in [6, 6.07) is 20.5. The Kier molecular flexibility index (Phi) is 6.81. The Morgan fingerprint density at radius 1 is 0.971 bits per heavy atom. The number of hydrogen-bond acceptors (Lipinski definition) is 6. The number of carbonyl (C=O) groups is 1. The Morgan fingerprint density at radius 3 is 2.29 bits per heavy atom. The normalized spacial score (nSPS) is 11.3. The molecular weight excluding hydrogens is 468 g/mol. The summed E-state index contributed by atoms with van der Waals surface area (Å²) in [5, 5.41) is 2.42. The number of ether oxygens (including phenoxy) is 1. The van der Waals surface area contributed by atoms with E-state index in [9.17, 15) is 13.2 Å². The number of aryl methyl sites for hydroxylation is 2. The van der Waals surface area contributed by atoms with Crippen LogP contribution in [0.2, 0.25) is 0 Å². The van der Waals surface area contributed by atoms with Gasteiger partial charge in [-0.25, -0.2) is 13.4 Å². The van der Waals surface area contributed by atoms with Crippen molar-refractivity contribution in [1.29, 1.82) is 0 Å². The molecule has 0 spiro atoms. The molecule has 0 fully saturated rings. The van der Waals surface area contributed by atoms with Crippen LogP contribution < -0.4 is 9.64 Å². The first-order chi connectivity index (χ1) is 16.3. The number of carbonyl (C=O) groups excluding carboxylic acids is 1. The third-order valence-electron chi connectivity index (χ3n) is 5.21. The van der Waals surface area contributed by atoms with Crippen LogP contribution in [0.3, 0.4) is 0 Å². The van der Waals surface area contributed by atoms with Gasteiger partial charge in [0, 0.05) is 12.3 Å². The maximum absolute atomic E-state index is 12.7. The molecule has 4 rings (SSSR count). The molecule has 174 valence electrons. The molecule has 0 aliphatic carbocycles. The van der Waals surface area contributed by atoms with Crippen molar-refractivity contribution in [2.75, 3.05) is 4.90 Å². The summed E-state index contributed by atoms with van der Waals surface area (Å²) in [5.41, 5.74) is 3.60. The van der Waals surface area contributed by atoms with E-state index < -0.39 is 9.84 Å². The molecule has 0 radical (unpaired) electrons. The van der Waals surface area contributed by atoms with Crippen LogP contribution in [0, 0.1) is 13.8 Å². The van der Waals surface area contributed by atoms with Gasteiger partial charge in [-0.15, -0.1) is 11.3 Å². The molecule has 8 heteroatoms. The standard InChI is InChI=1S/C26H24N2O4S2/c1-18-9-14-25(19(2)15-18)28(20(3)29)26-27-21(17-33-26)16-32-22-10-12-24(13-11-22)34(30,31)23-7-5-4-6-8-23/h4-15,17H,16H2,1-3H3. The summed E-state index contributed by atoms with van der Waals surface area (Å²) in [6.45, 7) is 5.69. The first-order valence-electron chi connectivity index (χ1n) is 10.6. The molecule has 0 aliphatic heterocycles. The van der Waals surface area contributed by atoms with Gasteiger partial charge in [-0.2, -0.15) is 0 Å². The maximum Gasteiger partial charge on any atom is 0.230 e. The maximum atomic E-state index is 12.7. The molecule has 1 amide bonds. The molecule has 1 aromatic heterocycles. The molecule has 4 aromatic rings. The van der Waals surface area contributed by atoms with Crippen molar-refractivity contribution < 1.29 is 17.9 Å². The van der Waals surface area contributed by atoms with E-state index >= 15 is 0 Å². The summed E-state index contributed by atoms with van der Waals surface area (Å²) < 4.78 is 31.3. The number of hydrogen-bond donors (Lipinski definition) is 0. The van der Waals surface area contributed by atoms with Crippen LogP contribution in [0.25, 0.3) is 0 Å². The van der Waals surface area contributed by atoms with Gasteiger partial charge in [-0.3, -0.25) is 9.69 Å². The molecule has 0 aliphatic rings. The number of aromatic nitrogens is 1. The van der Waals surface area contributed by atoms with Gasteiger partial charge in [-0.05, 0) is 61.9 Å². The Bertz CT molecular complexity index is 1410. The highest BCUT2D eigenvalue weighted by atomic mass is 32.2. The first kappa shape index (κ1) is 23.7. The molecule has 0 saturated heterocycles. The highest BCUT2D eigenvalue weighted by Crippen LogP contribution is 2.32. The topological polar surface area (TPSA) is 76.6 Å². The Morgan fingerprint density at radius 2 is 1.65 bits per heavy atom. The minimum atomic E-state index is -3.57. The predicted molar refractivity (Wildman–Crippen MR) is 134 cm³/mol. The largest absolute Gasteiger partial charge is 0.487 e. The monoisotopic (exact) mass is 492 g/mol. The smallest absolute Gasteiger partial charge is 0.230 e. The Labute approximate surface area is 203 Å². The van der Waals surface area contributed by atoms with Crippen molar-refractivity contribution >= 4 is 37.9 Å². The Balaban J connectivity index is 1.47. The van der Waals surface area contributed by atoms with Crippen molar-refractivity contribution in [3.63, 3.8) is 0 Å². The minimum absolute atomic E-state index is 0.121. The SMILES string of the molecule is CC(=O)N(c1nc(COc2ccc(S(=O)(=O)c3ccccc3)cc2)cs1)c1ccc(C)cc1C. The van der Waals surface area contributed by atoms with Gasteiger partial charge in [0.05, 0.1) is 21.2 Å². The van der Waals surface area contributed by atoms with E-state index in [2.05, 4.69) is 4.98 Å². The number of amides is 1. The van der Waals surface area contributed by atoms with E-state index in [1.165, 1.54) is 30.4 Å². The summed E-state index contributed by atoms with van der Waals surface area (Å²) in [4.78, 5) is 19.0. The van der Waals surface area contributed by atoms with Gasteiger partial charge < -0.3 is 4.74 Å². The summed E-state index contributed by atoms with van der Waals surface area (Å²) >= 11 is 1.37. The third-order valence-corrected chi connectivity index (χ3v) is 7.87. The zero-order valence-electron chi connectivity index (χ0n) is 19.1. The number of rotatable bonds is 7. The zero-order chi connectivity index (χ0) is 24.3. The minimum Gasteiger partial charge on any atom is -0.487 e. The first-order valence-corrected chi connectivity index (χ1v) is 13.0. The van der Waals surface area contributed by atoms with E-state index in [0.29, 0.717) is 16.6 Å².